The number of carbonyl (C=O) groups is 2. The van der Waals surface area contributed by atoms with E-state index in [0.29, 0.717) is 30.4 Å². The van der Waals surface area contributed by atoms with E-state index in [0.717, 1.165) is 35.1 Å². The van der Waals surface area contributed by atoms with Gasteiger partial charge in [0, 0.05) is 35.3 Å². The van der Waals surface area contributed by atoms with E-state index in [9.17, 15) is 9.59 Å². The van der Waals surface area contributed by atoms with Crippen molar-refractivity contribution in [2.75, 3.05) is 18.4 Å². The summed E-state index contributed by atoms with van der Waals surface area (Å²) >= 11 is 1.61. The van der Waals surface area contributed by atoms with Crippen molar-refractivity contribution in [3.63, 3.8) is 0 Å². The van der Waals surface area contributed by atoms with E-state index in [4.69, 9.17) is 0 Å². The highest BCUT2D eigenvalue weighted by Gasteiger charge is 2.47. The molecule has 0 radical (unpaired) electrons. The van der Waals surface area contributed by atoms with Gasteiger partial charge in [-0.1, -0.05) is 12.1 Å². The van der Waals surface area contributed by atoms with E-state index in [1.165, 1.54) is 32.1 Å². The molecule has 3 amide bonds. The van der Waals surface area contributed by atoms with Gasteiger partial charge in [-0.25, -0.2) is 4.79 Å². The Morgan fingerprint density at radius 1 is 0.906 bits per heavy atom. The van der Waals surface area contributed by atoms with Crippen molar-refractivity contribution >= 4 is 29.0 Å². The van der Waals surface area contributed by atoms with E-state index in [1.807, 2.05) is 17.5 Å². The summed E-state index contributed by atoms with van der Waals surface area (Å²) in [5.74, 6) is 3.49. The van der Waals surface area contributed by atoms with Crippen LogP contribution >= 0.6 is 11.3 Å². The molecule has 4 fully saturated rings. The van der Waals surface area contributed by atoms with Gasteiger partial charge in [-0.05, 0) is 85.4 Å². The van der Waals surface area contributed by atoms with Crippen molar-refractivity contribution in [1.29, 1.82) is 0 Å². The molecule has 4 aliphatic rings. The molecule has 0 unspecified atom stereocenters. The van der Waals surface area contributed by atoms with Crippen LogP contribution in [0.5, 0.6) is 0 Å². The molecule has 6 nitrogen and oxygen atoms in total. The number of hydrogen-bond acceptors (Lipinski definition) is 4. The van der Waals surface area contributed by atoms with Crippen molar-refractivity contribution in [2.45, 2.75) is 44.7 Å². The van der Waals surface area contributed by atoms with Crippen LogP contribution < -0.4 is 21.3 Å². The number of rotatable bonds is 8. The first-order valence-corrected chi connectivity index (χ1v) is 12.7. The molecule has 1 aromatic carbocycles. The molecule has 4 N–H and O–H groups in total. The third kappa shape index (κ3) is 4.99. The summed E-state index contributed by atoms with van der Waals surface area (Å²) in [7, 11) is 0. The largest absolute Gasteiger partial charge is 0.347 e. The van der Waals surface area contributed by atoms with Gasteiger partial charge in [0.05, 0.1) is 6.54 Å². The lowest BCUT2D eigenvalue weighted by Crippen LogP contribution is -2.55. The number of anilines is 1. The maximum atomic E-state index is 12.4. The predicted octanol–water partition coefficient (Wildman–Crippen LogP) is 4.21. The monoisotopic (exact) mass is 452 g/mol. The maximum Gasteiger partial charge on any atom is 0.319 e. The molecule has 2 aromatic rings. The highest BCUT2D eigenvalue weighted by atomic mass is 32.1. The molecule has 6 rings (SSSR count). The third-order valence-corrected chi connectivity index (χ3v) is 8.28. The summed E-state index contributed by atoms with van der Waals surface area (Å²) in [6.45, 7) is 1.90. The number of thiophene rings is 1. The van der Waals surface area contributed by atoms with Crippen LogP contribution in [0.25, 0.3) is 0 Å². The molecule has 4 aliphatic carbocycles. The van der Waals surface area contributed by atoms with E-state index in [-0.39, 0.29) is 11.9 Å². The summed E-state index contributed by atoms with van der Waals surface area (Å²) in [5, 5.41) is 14.4. The number of carbonyl (C=O) groups excluding carboxylic acids is 2. The molecule has 32 heavy (non-hydrogen) atoms. The van der Waals surface area contributed by atoms with Crippen LogP contribution in [-0.2, 0) is 6.54 Å². The third-order valence-electron chi connectivity index (χ3n) is 7.40. The first kappa shape index (κ1) is 21.5. The molecule has 1 aromatic heterocycles. The summed E-state index contributed by atoms with van der Waals surface area (Å²) in [6.07, 6.45) is 7.07. The van der Waals surface area contributed by atoms with Crippen LogP contribution in [0.4, 0.5) is 10.5 Å². The van der Waals surface area contributed by atoms with Gasteiger partial charge in [0.25, 0.3) is 5.91 Å². The summed E-state index contributed by atoms with van der Waals surface area (Å²) in [4.78, 5) is 25.8. The fourth-order valence-electron chi connectivity index (χ4n) is 6.27. The highest BCUT2D eigenvalue weighted by Crippen LogP contribution is 2.53. The molecule has 1 heterocycles. The molecule has 4 bridgehead atoms. The normalized spacial score (nSPS) is 27.8. The number of urea groups is 1. The van der Waals surface area contributed by atoms with E-state index < -0.39 is 0 Å². The van der Waals surface area contributed by atoms with Gasteiger partial charge < -0.3 is 21.3 Å². The van der Waals surface area contributed by atoms with Crippen LogP contribution in [0.3, 0.4) is 0 Å². The smallest absolute Gasteiger partial charge is 0.319 e. The number of hydrogen-bond donors (Lipinski definition) is 4. The first-order valence-electron chi connectivity index (χ1n) is 11.8. The molecule has 170 valence electrons. The Morgan fingerprint density at radius 2 is 1.69 bits per heavy atom. The minimum Gasteiger partial charge on any atom is -0.347 e. The molecular weight excluding hydrogens is 420 g/mol. The second-order valence-corrected chi connectivity index (χ2v) is 10.7. The Bertz CT molecular complexity index is 917. The first-order chi connectivity index (χ1) is 15.6. The van der Waals surface area contributed by atoms with Crippen LogP contribution in [0.1, 0.15) is 47.3 Å². The van der Waals surface area contributed by atoms with Crippen LogP contribution in [0, 0.1) is 23.7 Å². The molecule has 0 saturated heterocycles. The van der Waals surface area contributed by atoms with E-state index >= 15 is 0 Å². The van der Waals surface area contributed by atoms with Crippen molar-refractivity contribution in [2.24, 2.45) is 23.7 Å². The van der Waals surface area contributed by atoms with Crippen molar-refractivity contribution < 1.29 is 9.59 Å². The van der Waals surface area contributed by atoms with Crippen LogP contribution in [-0.4, -0.2) is 31.1 Å². The van der Waals surface area contributed by atoms with Gasteiger partial charge in [-0.15, -0.1) is 11.3 Å². The molecule has 0 atom stereocenters. The zero-order chi connectivity index (χ0) is 21.9. The van der Waals surface area contributed by atoms with Gasteiger partial charge in [0.15, 0.2) is 0 Å². The summed E-state index contributed by atoms with van der Waals surface area (Å²) < 4.78 is 0. The highest BCUT2D eigenvalue weighted by molar-refractivity contribution is 7.09. The van der Waals surface area contributed by atoms with E-state index in [2.05, 4.69) is 21.3 Å². The van der Waals surface area contributed by atoms with Crippen LogP contribution in [0.2, 0.25) is 0 Å². The Morgan fingerprint density at radius 3 is 2.41 bits per heavy atom. The second kappa shape index (κ2) is 9.63. The number of nitrogens with one attached hydrogen (secondary N) is 4. The SMILES string of the molecule is O=C(NCCNC1C2CC3CC(C2)CC1C3)Nc1cccc(C(=O)NCc2cccs2)c1. The molecule has 4 saturated carbocycles. The average Bonchev–Trinajstić information content (AvgIpc) is 3.30. The Balaban J connectivity index is 1.04. The van der Waals surface area contributed by atoms with Gasteiger partial charge in [-0.3, -0.25) is 4.79 Å². The quantitative estimate of drug-likeness (QED) is 0.453. The van der Waals surface area contributed by atoms with Gasteiger partial charge >= 0.3 is 6.03 Å². The van der Waals surface area contributed by atoms with Gasteiger partial charge in [0.2, 0.25) is 0 Å². The number of amides is 3. The van der Waals surface area contributed by atoms with Crippen molar-refractivity contribution in [3.8, 4) is 0 Å². The second-order valence-electron chi connectivity index (χ2n) is 9.63. The fraction of sp³-hybridized carbons (Fsp3) is 0.520. The van der Waals surface area contributed by atoms with Gasteiger partial charge in [0.1, 0.15) is 0 Å². The van der Waals surface area contributed by atoms with Crippen LogP contribution in [0.15, 0.2) is 41.8 Å². The standard InChI is InChI=1S/C25H32N4O2S/c30-24(28-15-22-5-2-8-32-22)18-3-1-4-21(14-18)29-25(31)27-7-6-26-23-19-10-16-9-17(12-19)13-20(23)11-16/h1-5,8,14,16-17,19-20,23,26H,6-7,9-13,15H2,(H,28,30)(H2,27,29,31). The minimum atomic E-state index is -0.243. The molecule has 0 aliphatic heterocycles. The number of benzene rings is 1. The topological polar surface area (TPSA) is 82.3 Å². The summed E-state index contributed by atoms with van der Waals surface area (Å²) in [5.41, 5.74) is 1.14. The van der Waals surface area contributed by atoms with Crippen molar-refractivity contribution in [3.05, 3.63) is 52.2 Å². The zero-order valence-corrected chi connectivity index (χ0v) is 19.1. The minimum absolute atomic E-state index is 0.151. The van der Waals surface area contributed by atoms with E-state index in [1.54, 1.807) is 35.6 Å². The maximum absolute atomic E-state index is 12.4. The Labute approximate surface area is 193 Å². The molecular formula is C25H32N4O2S. The average molecular weight is 453 g/mol. The Hall–Kier alpha value is -2.38. The van der Waals surface area contributed by atoms with Gasteiger partial charge in [-0.2, -0.15) is 0 Å². The Kier molecular flexibility index (Phi) is 6.46. The lowest BCUT2D eigenvalue weighted by Gasteiger charge is -2.54. The lowest BCUT2D eigenvalue weighted by atomic mass is 9.54. The lowest BCUT2D eigenvalue weighted by molar-refractivity contribution is -0.0132. The van der Waals surface area contributed by atoms with Crippen molar-refractivity contribution in [1.82, 2.24) is 16.0 Å². The predicted molar refractivity (Wildman–Crippen MR) is 128 cm³/mol. The molecule has 7 heteroatoms. The molecule has 0 spiro atoms. The summed E-state index contributed by atoms with van der Waals surface area (Å²) in [6, 6.07) is 11.4. The fourth-order valence-corrected chi connectivity index (χ4v) is 6.91. The zero-order valence-electron chi connectivity index (χ0n) is 18.3.